The van der Waals surface area contributed by atoms with Gasteiger partial charge in [0.15, 0.2) is 0 Å². The van der Waals surface area contributed by atoms with Crippen LogP contribution in [-0.2, 0) is 6.61 Å². The Morgan fingerprint density at radius 3 is 2.35 bits per heavy atom. The number of nitriles is 1. The van der Waals surface area contributed by atoms with Crippen molar-refractivity contribution >= 4 is 0 Å². The van der Waals surface area contributed by atoms with Crippen LogP contribution in [0, 0.1) is 17.1 Å². The molecule has 8 heteroatoms. The Morgan fingerprint density at radius 2 is 1.68 bits per heavy atom. The molecule has 1 aromatic heterocycles. The van der Waals surface area contributed by atoms with Crippen LogP contribution in [0.15, 0.2) is 84.3 Å². The predicted octanol–water partition coefficient (Wildman–Crippen LogP) is 5.80. The Hall–Kier alpha value is -4.77. The lowest BCUT2D eigenvalue weighted by molar-refractivity contribution is 0.306. The minimum atomic E-state index is -0.482. The lowest BCUT2D eigenvalue weighted by atomic mass is 9.83. The number of benzene rings is 3. The molecule has 0 bridgehead atoms. The van der Waals surface area contributed by atoms with Gasteiger partial charge in [0.25, 0.3) is 0 Å². The molecule has 1 aliphatic heterocycles. The van der Waals surface area contributed by atoms with E-state index >= 15 is 0 Å². The fraction of sp³-hybridized carbons (Fsp3) is 0.172. The van der Waals surface area contributed by atoms with Crippen molar-refractivity contribution in [1.29, 1.82) is 5.26 Å². The Morgan fingerprint density at radius 1 is 1.00 bits per heavy atom. The molecule has 1 atom stereocenters. The van der Waals surface area contributed by atoms with Gasteiger partial charge in [0.2, 0.25) is 11.8 Å². The van der Waals surface area contributed by atoms with Crippen molar-refractivity contribution in [1.82, 2.24) is 10.2 Å². The van der Waals surface area contributed by atoms with E-state index in [0.29, 0.717) is 30.4 Å². The number of hydrogen-bond donors (Lipinski definition) is 2. The number of nitrogens with two attached hydrogens (primary N) is 1. The van der Waals surface area contributed by atoms with Crippen molar-refractivity contribution < 1.29 is 18.6 Å². The minimum absolute atomic E-state index is 0.0259. The van der Waals surface area contributed by atoms with Crippen LogP contribution in [0.4, 0.5) is 4.39 Å². The summed E-state index contributed by atoms with van der Waals surface area (Å²) in [6, 6.07) is 23.5. The Balaban J connectivity index is 1.44. The molecule has 5 rings (SSSR count). The normalized spacial score (nSPS) is 14.5. The summed E-state index contributed by atoms with van der Waals surface area (Å²) in [5, 5.41) is 17.3. The molecule has 0 unspecified atom stereocenters. The van der Waals surface area contributed by atoms with E-state index in [1.54, 1.807) is 12.1 Å². The topological polar surface area (TPSA) is 106 Å². The maximum absolute atomic E-state index is 13.1. The summed E-state index contributed by atoms with van der Waals surface area (Å²) in [6.07, 6.45) is 0.926. The third kappa shape index (κ3) is 4.98. The molecule has 7 nitrogen and oxygen atoms in total. The molecule has 186 valence electrons. The first-order valence-corrected chi connectivity index (χ1v) is 11.9. The average Bonchev–Trinajstić information content (AvgIpc) is 3.34. The number of aromatic nitrogens is 2. The van der Waals surface area contributed by atoms with Crippen LogP contribution in [0.3, 0.4) is 0 Å². The number of ether oxygens (including phenoxy) is 3. The van der Waals surface area contributed by atoms with E-state index in [4.69, 9.17) is 19.9 Å². The van der Waals surface area contributed by atoms with E-state index in [-0.39, 0.29) is 11.7 Å². The molecule has 0 aliphatic carbocycles. The predicted molar refractivity (Wildman–Crippen MR) is 136 cm³/mol. The van der Waals surface area contributed by atoms with Gasteiger partial charge in [-0.15, -0.1) is 5.10 Å². The first-order valence-electron chi connectivity index (χ1n) is 11.9. The largest absolute Gasteiger partial charge is 0.494 e. The van der Waals surface area contributed by atoms with Crippen molar-refractivity contribution in [3.8, 4) is 34.7 Å². The van der Waals surface area contributed by atoms with Gasteiger partial charge in [0.05, 0.1) is 23.8 Å². The van der Waals surface area contributed by atoms with Gasteiger partial charge in [-0.1, -0.05) is 31.2 Å². The molecule has 4 aromatic rings. The molecule has 0 fully saturated rings. The van der Waals surface area contributed by atoms with Gasteiger partial charge in [-0.25, -0.2) is 4.39 Å². The summed E-state index contributed by atoms with van der Waals surface area (Å²) in [5.41, 5.74) is 10.5. The minimum Gasteiger partial charge on any atom is -0.494 e. The van der Waals surface area contributed by atoms with E-state index in [9.17, 15) is 9.65 Å². The first-order chi connectivity index (χ1) is 18.1. The molecule has 0 saturated carbocycles. The summed E-state index contributed by atoms with van der Waals surface area (Å²) in [5.74, 6) is 1.02. The standard InChI is InChI=1S/C29H25FN4O3/c1-2-15-35-22-13-7-20(8-14-22)27-26-25(24(16-31)28(32)37-29(26)34-33-27)19-5-11-23(12-6-19)36-17-18-3-9-21(30)10-4-18/h3-14,25H,2,15,17,32H2,1H3,(H,33,34)/t25-/m0/s1. The summed E-state index contributed by atoms with van der Waals surface area (Å²) in [6.45, 7) is 3.01. The highest BCUT2D eigenvalue weighted by Gasteiger charge is 2.35. The number of rotatable bonds is 8. The van der Waals surface area contributed by atoms with Gasteiger partial charge >= 0.3 is 0 Å². The van der Waals surface area contributed by atoms with Gasteiger partial charge in [-0.2, -0.15) is 5.26 Å². The van der Waals surface area contributed by atoms with Crippen molar-refractivity contribution in [3.05, 3.63) is 107 Å². The Kier molecular flexibility index (Phi) is 6.77. The number of H-pyrrole nitrogens is 1. The highest BCUT2D eigenvalue weighted by Crippen LogP contribution is 2.46. The summed E-state index contributed by atoms with van der Waals surface area (Å²) in [4.78, 5) is 0. The lowest BCUT2D eigenvalue weighted by Crippen LogP contribution is -2.21. The SMILES string of the molecule is CCCOc1ccc(-c2[nH]nc3c2[C@@H](c2ccc(OCc4ccc(F)cc4)cc2)C(C#N)=C(N)O3)cc1. The molecule has 0 radical (unpaired) electrons. The summed E-state index contributed by atoms with van der Waals surface area (Å²) in [7, 11) is 0. The van der Waals surface area contributed by atoms with Gasteiger partial charge in [-0.05, 0) is 66.1 Å². The second kappa shape index (κ2) is 10.5. The number of fused-ring (bicyclic) bond motifs is 1. The van der Waals surface area contributed by atoms with Gasteiger partial charge < -0.3 is 19.9 Å². The molecule has 2 heterocycles. The second-order valence-corrected chi connectivity index (χ2v) is 8.60. The highest BCUT2D eigenvalue weighted by molar-refractivity contribution is 5.71. The molecule has 0 spiro atoms. The zero-order valence-electron chi connectivity index (χ0n) is 20.2. The van der Waals surface area contributed by atoms with Gasteiger partial charge in [0, 0.05) is 5.56 Å². The van der Waals surface area contributed by atoms with Gasteiger partial charge in [-0.3, -0.25) is 5.10 Å². The fourth-order valence-electron chi connectivity index (χ4n) is 4.24. The van der Waals surface area contributed by atoms with Crippen LogP contribution in [0.25, 0.3) is 11.3 Å². The Labute approximate surface area is 213 Å². The zero-order chi connectivity index (χ0) is 25.8. The van der Waals surface area contributed by atoms with E-state index in [1.165, 1.54) is 12.1 Å². The molecule has 3 N–H and O–H groups in total. The first kappa shape index (κ1) is 23.9. The zero-order valence-corrected chi connectivity index (χ0v) is 20.2. The van der Waals surface area contributed by atoms with Crippen LogP contribution in [0.1, 0.15) is 36.0 Å². The van der Waals surface area contributed by atoms with Crippen LogP contribution >= 0.6 is 0 Å². The molecule has 3 aromatic carbocycles. The molecular formula is C29H25FN4O3. The Bertz CT molecular complexity index is 1450. The van der Waals surface area contributed by atoms with Crippen LogP contribution < -0.4 is 19.9 Å². The molecule has 1 aliphatic rings. The summed E-state index contributed by atoms with van der Waals surface area (Å²) >= 11 is 0. The number of nitrogens with zero attached hydrogens (tertiary/aromatic N) is 2. The van der Waals surface area contributed by atoms with Crippen molar-refractivity contribution in [2.75, 3.05) is 6.61 Å². The van der Waals surface area contributed by atoms with Crippen molar-refractivity contribution in [2.24, 2.45) is 5.73 Å². The third-order valence-corrected chi connectivity index (χ3v) is 6.09. The number of allylic oxidation sites excluding steroid dienone is 1. The quantitative estimate of drug-likeness (QED) is 0.319. The maximum Gasteiger partial charge on any atom is 0.244 e. The molecule has 37 heavy (non-hydrogen) atoms. The number of hydrogen-bond acceptors (Lipinski definition) is 6. The van der Waals surface area contributed by atoms with E-state index in [1.807, 2.05) is 48.5 Å². The highest BCUT2D eigenvalue weighted by atomic mass is 19.1. The molecule has 0 amide bonds. The van der Waals surface area contributed by atoms with E-state index in [2.05, 4.69) is 23.2 Å². The fourth-order valence-corrected chi connectivity index (χ4v) is 4.24. The van der Waals surface area contributed by atoms with Gasteiger partial charge in [0.1, 0.15) is 35.6 Å². The smallest absolute Gasteiger partial charge is 0.244 e. The maximum atomic E-state index is 13.1. The van der Waals surface area contributed by atoms with Crippen LogP contribution in [0.5, 0.6) is 17.4 Å². The molecular weight excluding hydrogens is 471 g/mol. The van der Waals surface area contributed by atoms with Crippen molar-refractivity contribution in [3.63, 3.8) is 0 Å². The second-order valence-electron chi connectivity index (χ2n) is 8.60. The van der Waals surface area contributed by atoms with Crippen molar-refractivity contribution in [2.45, 2.75) is 25.9 Å². The van der Waals surface area contributed by atoms with E-state index in [0.717, 1.165) is 40.1 Å². The van der Waals surface area contributed by atoms with Crippen LogP contribution in [-0.4, -0.2) is 16.8 Å². The van der Waals surface area contributed by atoms with Crippen LogP contribution in [0.2, 0.25) is 0 Å². The lowest BCUT2D eigenvalue weighted by Gasteiger charge is -2.24. The van der Waals surface area contributed by atoms with E-state index < -0.39 is 5.92 Å². The summed E-state index contributed by atoms with van der Waals surface area (Å²) < 4.78 is 30.4. The monoisotopic (exact) mass is 496 g/mol. The third-order valence-electron chi connectivity index (χ3n) is 6.09. The molecule has 0 saturated heterocycles. The number of halogens is 1. The average molecular weight is 497 g/mol. The number of aromatic amines is 1. The number of nitrogens with one attached hydrogen (secondary N) is 1.